The molecule has 2 N–H and O–H groups in total. The summed E-state index contributed by atoms with van der Waals surface area (Å²) < 4.78 is 23.7. The number of hydrogen-bond donors (Lipinski definition) is 1. The molecule has 0 saturated carbocycles. The first-order chi connectivity index (χ1) is 6.98. The summed E-state index contributed by atoms with van der Waals surface area (Å²) >= 11 is 0. The molecule has 0 amide bonds. The van der Waals surface area contributed by atoms with Crippen LogP contribution in [0.1, 0.15) is 19.4 Å². The van der Waals surface area contributed by atoms with Gasteiger partial charge in [-0.15, -0.1) is 0 Å². The Labute approximate surface area is 91.2 Å². The van der Waals surface area contributed by atoms with Crippen molar-refractivity contribution in [2.75, 3.05) is 6.54 Å². The molecule has 0 aliphatic carbocycles. The minimum absolute atomic E-state index is 0.384. The second-order valence-electron chi connectivity index (χ2n) is 3.78. The molecule has 0 aromatic heterocycles. The lowest BCUT2D eigenvalue weighted by Gasteiger charge is -2.08. The molecule has 0 saturated heterocycles. The monoisotopic (exact) mass is 227 g/mol. The Morgan fingerprint density at radius 3 is 2.53 bits per heavy atom. The van der Waals surface area contributed by atoms with Crippen molar-refractivity contribution in [3.63, 3.8) is 0 Å². The van der Waals surface area contributed by atoms with Gasteiger partial charge in [-0.2, -0.15) is 0 Å². The average molecular weight is 227 g/mol. The fourth-order valence-electron chi connectivity index (χ4n) is 1.32. The number of sulfone groups is 1. The predicted molar refractivity (Wildman–Crippen MR) is 61.5 cm³/mol. The third-order valence-electron chi connectivity index (χ3n) is 2.28. The normalized spacial score (nSPS) is 12.0. The Kier molecular flexibility index (Phi) is 3.88. The highest BCUT2D eigenvalue weighted by molar-refractivity contribution is 7.92. The van der Waals surface area contributed by atoms with Gasteiger partial charge in [-0.1, -0.05) is 12.1 Å². The largest absolute Gasteiger partial charge is 0.330 e. The zero-order valence-corrected chi connectivity index (χ0v) is 9.92. The summed E-state index contributed by atoms with van der Waals surface area (Å²) in [6, 6.07) is 7.00. The number of benzene rings is 1. The fraction of sp³-hybridized carbons (Fsp3) is 0.455. The van der Waals surface area contributed by atoms with Crippen LogP contribution in [0.25, 0.3) is 0 Å². The van der Waals surface area contributed by atoms with E-state index in [9.17, 15) is 8.42 Å². The lowest BCUT2D eigenvalue weighted by atomic mass is 10.2. The van der Waals surface area contributed by atoms with Crippen molar-refractivity contribution in [3.8, 4) is 0 Å². The van der Waals surface area contributed by atoms with E-state index >= 15 is 0 Å². The topological polar surface area (TPSA) is 60.2 Å². The molecule has 3 nitrogen and oxygen atoms in total. The first kappa shape index (κ1) is 12.2. The van der Waals surface area contributed by atoms with E-state index in [-0.39, 0.29) is 5.25 Å². The molecule has 0 atom stereocenters. The summed E-state index contributed by atoms with van der Waals surface area (Å²) in [7, 11) is -3.16. The SMILES string of the molecule is CC(C)S(=O)(=O)c1cccc(CCN)c1. The van der Waals surface area contributed by atoms with Crippen LogP contribution >= 0.6 is 0 Å². The molecule has 0 unspecified atom stereocenters. The van der Waals surface area contributed by atoms with Crippen LogP contribution in [0.15, 0.2) is 29.2 Å². The lowest BCUT2D eigenvalue weighted by molar-refractivity contribution is 0.587. The summed E-state index contributed by atoms with van der Waals surface area (Å²) in [5.41, 5.74) is 6.40. The Bertz CT molecular complexity index is 424. The summed E-state index contributed by atoms with van der Waals surface area (Å²) in [5.74, 6) is 0. The Hall–Kier alpha value is -0.870. The van der Waals surface area contributed by atoms with Crippen LogP contribution < -0.4 is 5.73 Å². The van der Waals surface area contributed by atoms with Crippen molar-refractivity contribution >= 4 is 9.84 Å². The van der Waals surface area contributed by atoms with Gasteiger partial charge in [0.05, 0.1) is 10.1 Å². The van der Waals surface area contributed by atoms with Gasteiger partial charge < -0.3 is 5.73 Å². The zero-order valence-electron chi connectivity index (χ0n) is 9.10. The first-order valence-corrected chi connectivity index (χ1v) is 6.56. The van der Waals surface area contributed by atoms with Crippen LogP contribution in [-0.2, 0) is 16.3 Å². The van der Waals surface area contributed by atoms with E-state index in [0.717, 1.165) is 5.56 Å². The van der Waals surface area contributed by atoms with E-state index in [2.05, 4.69) is 0 Å². The highest BCUT2D eigenvalue weighted by Crippen LogP contribution is 2.17. The van der Waals surface area contributed by atoms with Crippen molar-refractivity contribution < 1.29 is 8.42 Å². The van der Waals surface area contributed by atoms with Crippen molar-refractivity contribution in [2.24, 2.45) is 5.73 Å². The van der Waals surface area contributed by atoms with Gasteiger partial charge in [-0.3, -0.25) is 0 Å². The van der Waals surface area contributed by atoms with Gasteiger partial charge in [-0.05, 0) is 44.5 Å². The van der Waals surface area contributed by atoms with Gasteiger partial charge in [-0.25, -0.2) is 8.42 Å². The molecule has 0 heterocycles. The van der Waals surface area contributed by atoms with Crippen LogP contribution in [0.3, 0.4) is 0 Å². The molecule has 1 rings (SSSR count). The van der Waals surface area contributed by atoms with Crippen molar-refractivity contribution in [1.29, 1.82) is 0 Å². The summed E-state index contributed by atoms with van der Waals surface area (Å²) in [4.78, 5) is 0.392. The molecule has 4 heteroatoms. The molecule has 84 valence electrons. The molecule has 0 spiro atoms. The van der Waals surface area contributed by atoms with Gasteiger partial charge in [0.2, 0.25) is 0 Å². The minimum Gasteiger partial charge on any atom is -0.330 e. The predicted octanol–water partition coefficient (Wildman–Crippen LogP) is 1.37. The average Bonchev–Trinajstić information content (AvgIpc) is 2.18. The highest BCUT2D eigenvalue weighted by atomic mass is 32.2. The number of nitrogens with two attached hydrogens (primary N) is 1. The maximum absolute atomic E-state index is 11.9. The van der Waals surface area contributed by atoms with Crippen LogP contribution in [-0.4, -0.2) is 20.2 Å². The van der Waals surface area contributed by atoms with Gasteiger partial charge in [0.25, 0.3) is 0 Å². The molecular weight excluding hydrogens is 210 g/mol. The Balaban J connectivity index is 3.11. The summed E-state index contributed by atoms with van der Waals surface area (Å²) in [5, 5.41) is -0.384. The molecule has 0 bridgehead atoms. The highest BCUT2D eigenvalue weighted by Gasteiger charge is 2.18. The van der Waals surface area contributed by atoms with Gasteiger partial charge in [0.1, 0.15) is 0 Å². The maximum Gasteiger partial charge on any atom is 0.180 e. The number of hydrogen-bond acceptors (Lipinski definition) is 3. The van der Waals surface area contributed by atoms with E-state index in [4.69, 9.17) is 5.73 Å². The molecule has 15 heavy (non-hydrogen) atoms. The fourth-order valence-corrected chi connectivity index (χ4v) is 2.45. The van der Waals surface area contributed by atoms with Crippen molar-refractivity contribution in [3.05, 3.63) is 29.8 Å². The second-order valence-corrected chi connectivity index (χ2v) is 6.28. The minimum atomic E-state index is -3.16. The second kappa shape index (κ2) is 4.77. The Morgan fingerprint density at radius 2 is 2.00 bits per heavy atom. The third kappa shape index (κ3) is 2.79. The summed E-state index contributed by atoms with van der Waals surface area (Å²) in [6.45, 7) is 3.90. The maximum atomic E-state index is 11.9. The van der Waals surface area contributed by atoms with Crippen molar-refractivity contribution in [2.45, 2.75) is 30.4 Å². The van der Waals surface area contributed by atoms with E-state index in [1.54, 1.807) is 32.0 Å². The van der Waals surface area contributed by atoms with E-state index in [0.29, 0.717) is 17.9 Å². The molecule has 1 aromatic carbocycles. The zero-order chi connectivity index (χ0) is 11.5. The van der Waals surface area contributed by atoms with Crippen LogP contribution in [0.4, 0.5) is 0 Å². The van der Waals surface area contributed by atoms with E-state index < -0.39 is 9.84 Å². The van der Waals surface area contributed by atoms with E-state index in [1.807, 2.05) is 6.07 Å². The molecule has 0 radical (unpaired) electrons. The molecule has 1 aromatic rings. The molecule has 0 fully saturated rings. The van der Waals surface area contributed by atoms with E-state index in [1.165, 1.54) is 0 Å². The molecule has 0 aliphatic heterocycles. The summed E-state index contributed by atoms with van der Waals surface area (Å²) in [6.07, 6.45) is 0.710. The van der Waals surface area contributed by atoms with Crippen molar-refractivity contribution in [1.82, 2.24) is 0 Å². The molecule has 0 aliphatic rings. The lowest BCUT2D eigenvalue weighted by Crippen LogP contribution is -2.14. The smallest absolute Gasteiger partial charge is 0.180 e. The molecular formula is C11H17NO2S. The number of rotatable bonds is 4. The van der Waals surface area contributed by atoms with Gasteiger partial charge in [0.15, 0.2) is 9.84 Å². The third-order valence-corrected chi connectivity index (χ3v) is 4.43. The van der Waals surface area contributed by atoms with Crippen LogP contribution in [0.5, 0.6) is 0 Å². The van der Waals surface area contributed by atoms with Gasteiger partial charge in [0, 0.05) is 0 Å². The first-order valence-electron chi connectivity index (χ1n) is 5.01. The Morgan fingerprint density at radius 1 is 1.33 bits per heavy atom. The standard InChI is InChI=1S/C11H17NO2S/c1-9(2)15(13,14)11-5-3-4-10(8-11)6-7-12/h3-5,8-9H,6-7,12H2,1-2H3. The van der Waals surface area contributed by atoms with Crippen LogP contribution in [0, 0.1) is 0 Å². The quantitative estimate of drug-likeness (QED) is 0.845. The van der Waals surface area contributed by atoms with Crippen LogP contribution in [0.2, 0.25) is 0 Å². The van der Waals surface area contributed by atoms with Gasteiger partial charge >= 0.3 is 0 Å².